The lowest BCUT2D eigenvalue weighted by molar-refractivity contribution is -0.193. The highest BCUT2D eigenvalue weighted by molar-refractivity contribution is 5.94. The standard InChI is InChI=1S/C18H25N3O2.2C2HF3O2/c22-18(13-6-8-19-9-7-13)20-16-12-21(15-4-1-5-15)11-14-3-2-10-23-17(14)16;2*3-2(4,5)1(6)7/h6-9,14-17H,1-5,10-12H2,(H,20,22);2*(H,6,7)/t14-,16+,17-;;/m0../s1. The highest BCUT2D eigenvalue weighted by Crippen LogP contribution is 2.34. The summed E-state index contributed by atoms with van der Waals surface area (Å²) in [4.78, 5) is 36.9. The number of piperidine rings is 1. The third-order valence-corrected chi connectivity index (χ3v) is 6.13. The summed E-state index contributed by atoms with van der Waals surface area (Å²) in [6.45, 7) is 2.88. The third kappa shape index (κ3) is 9.46. The molecule has 1 aliphatic carbocycles. The van der Waals surface area contributed by atoms with Gasteiger partial charge in [-0.25, -0.2) is 9.59 Å². The van der Waals surface area contributed by atoms with E-state index < -0.39 is 24.3 Å². The third-order valence-electron chi connectivity index (χ3n) is 6.13. The molecule has 208 valence electrons. The minimum Gasteiger partial charge on any atom is -0.475 e. The first-order valence-electron chi connectivity index (χ1n) is 11.4. The average molecular weight is 543 g/mol. The van der Waals surface area contributed by atoms with E-state index in [2.05, 4.69) is 15.2 Å². The van der Waals surface area contributed by atoms with E-state index in [1.807, 2.05) is 0 Å². The van der Waals surface area contributed by atoms with E-state index in [9.17, 15) is 31.1 Å². The van der Waals surface area contributed by atoms with Gasteiger partial charge in [0.1, 0.15) is 0 Å². The van der Waals surface area contributed by atoms with Crippen LogP contribution in [0.15, 0.2) is 24.5 Å². The van der Waals surface area contributed by atoms with E-state index in [0.29, 0.717) is 11.5 Å². The molecule has 0 spiro atoms. The van der Waals surface area contributed by atoms with Crippen molar-refractivity contribution in [3.05, 3.63) is 30.1 Å². The average Bonchev–Trinajstić information content (AvgIpc) is 2.78. The Kier molecular flexibility index (Phi) is 10.7. The maximum Gasteiger partial charge on any atom is 0.490 e. The summed E-state index contributed by atoms with van der Waals surface area (Å²) in [5.41, 5.74) is 0.674. The summed E-state index contributed by atoms with van der Waals surface area (Å²) in [5, 5.41) is 17.5. The van der Waals surface area contributed by atoms with Gasteiger partial charge >= 0.3 is 24.3 Å². The van der Waals surface area contributed by atoms with Gasteiger partial charge in [-0.15, -0.1) is 0 Å². The fraction of sp³-hybridized carbons (Fsp3) is 0.636. The number of aromatic nitrogens is 1. The van der Waals surface area contributed by atoms with Crippen LogP contribution in [-0.4, -0.2) is 88.2 Å². The van der Waals surface area contributed by atoms with E-state index in [1.165, 1.54) is 25.7 Å². The summed E-state index contributed by atoms with van der Waals surface area (Å²) >= 11 is 0. The summed E-state index contributed by atoms with van der Waals surface area (Å²) in [5.74, 6) is -4.97. The fourth-order valence-electron chi connectivity index (χ4n) is 4.17. The van der Waals surface area contributed by atoms with Gasteiger partial charge in [-0.05, 0) is 43.7 Å². The van der Waals surface area contributed by atoms with Crippen molar-refractivity contribution in [3.63, 3.8) is 0 Å². The van der Waals surface area contributed by atoms with Gasteiger partial charge in [0.25, 0.3) is 5.91 Å². The Hall–Kier alpha value is -2.94. The van der Waals surface area contributed by atoms with Crippen LogP contribution in [0.25, 0.3) is 0 Å². The van der Waals surface area contributed by atoms with Gasteiger partial charge in [0.15, 0.2) is 0 Å². The first kappa shape index (κ1) is 30.3. The number of carboxylic acids is 2. The molecule has 1 aromatic heterocycles. The second kappa shape index (κ2) is 13.0. The molecule has 0 radical (unpaired) electrons. The van der Waals surface area contributed by atoms with Gasteiger partial charge in [-0.2, -0.15) is 26.3 Å². The van der Waals surface area contributed by atoms with Crippen LogP contribution >= 0.6 is 0 Å². The zero-order chi connectivity index (χ0) is 27.8. The predicted octanol–water partition coefficient (Wildman–Crippen LogP) is 3.11. The molecule has 1 saturated carbocycles. The maximum atomic E-state index is 12.5. The molecule has 4 rings (SSSR count). The van der Waals surface area contributed by atoms with Gasteiger partial charge < -0.3 is 20.3 Å². The number of rotatable bonds is 3. The molecule has 1 amide bonds. The minimum absolute atomic E-state index is 0.0132. The van der Waals surface area contributed by atoms with Crippen LogP contribution in [0.1, 0.15) is 42.5 Å². The summed E-state index contributed by atoms with van der Waals surface area (Å²) in [7, 11) is 0. The lowest BCUT2D eigenvalue weighted by atomic mass is 9.82. The van der Waals surface area contributed by atoms with Gasteiger partial charge in [0.05, 0.1) is 12.1 Å². The van der Waals surface area contributed by atoms with Crippen molar-refractivity contribution in [1.29, 1.82) is 0 Å². The molecule has 2 saturated heterocycles. The number of hydrogen-bond donors (Lipinski definition) is 3. The Morgan fingerprint density at radius 3 is 1.92 bits per heavy atom. The van der Waals surface area contributed by atoms with Crippen molar-refractivity contribution in [2.24, 2.45) is 5.92 Å². The summed E-state index contributed by atoms with van der Waals surface area (Å²) < 4.78 is 69.5. The maximum absolute atomic E-state index is 12.5. The normalized spacial score (nSPS) is 24.1. The number of carboxylic acid groups (broad SMARTS) is 2. The van der Waals surface area contributed by atoms with Gasteiger partial charge in [0.2, 0.25) is 0 Å². The first-order chi connectivity index (χ1) is 17.2. The molecular formula is C22H27F6N3O6. The zero-order valence-corrected chi connectivity index (χ0v) is 19.5. The van der Waals surface area contributed by atoms with Crippen molar-refractivity contribution < 1.29 is 55.7 Å². The number of pyridine rings is 1. The topological polar surface area (TPSA) is 129 Å². The highest BCUT2D eigenvalue weighted by atomic mass is 19.4. The smallest absolute Gasteiger partial charge is 0.475 e. The van der Waals surface area contributed by atoms with Crippen LogP contribution in [0.3, 0.4) is 0 Å². The molecule has 3 N–H and O–H groups in total. The number of nitrogens with one attached hydrogen (secondary N) is 1. The Labute approximate surface area is 207 Å². The molecule has 37 heavy (non-hydrogen) atoms. The molecule has 2 aliphatic heterocycles. The van der Waals surface area contributed by atoms with E-state index in [4.69, 9.17) is 24.5 Å². The Bertz CT molecular complexity index is 886. The lowest BCUT2D eigenvalue weighted by Gasteiger charge is -2.50. The Balaban J connectivity index is 0.000000286. The largest absolute Gasteiger partial charge is 0.490 e. The van der Waals surface area contributed by atoms with Crippen LogP contribution in [-0.2, 0) is 14.3 Å². The number of fused-ring (bicyclic) bond motifs is 1. The minimum atomic E-state index is -5.08. The zero-order valence-electron chi connectivity index (χ0n) is 19.5. The lowest BCUT2D eigenvalue weighted by Crippen LogP contribution is -2.63. The number of likely N-dealkylation sites (tertiary alicyclic amines) is 1. The van der Waals surface area contributed by atoms with Crippen LogP contribution in [0.2, 0.25) is 0 Å². The van der Waals surface area contributed by atoms with E-state index in [0.717, 1.165) is 32.2 Å². The Morgan fingerprint density at radius 2 is 1.46 bits per heavy atom. The van der Waals surface area contributed by atoms with Crippen LogP contribution in [0.4, 0.5) is 26.3 Å². The summed E-state index contributed by atoms with van der Waals surface area (Å²) in [6, 6.07) is 4.34. The first-order valence-corrected chi connectivity index (χ1v) is 11.4. The monoisotopic (exact) mass is 543 g/mol. The molecule has 0 aromatic carbocycles. The number of amides is 1. The molecule has 3 atom stereocenters. The quantitative estimate of drug-likeness (QED) is 0.496. The summed E-state index contributed by atoms with van der Waals surface area (Å²) in [6.07, 6.45) is -0.343. The van der Waals surface area contributed by atoms with E-state index >= 15 is 0 Å². The van der Waals surface area contributed by atoms with Gasteiger partial charge in [-0.3, -0.25) is 14.7 Å². The Morgan fingerprint density at radius 1 is 0.919 bits per heavy atom. The molecule has 0 bridgehead atoms. The number of carbonyl (C=O) groups is 3. The number of hydrogen-bond acceptors (Lipinski definition) is 6. The second-order valence-electron chi connectivity index (χ2n) is 8.70. The predicted molar refractivity (Wildman–Crippen MR) is 115 cm³/mol. The van der Waals surface area contributed by atoms with Crippen LogP contribution in [0.5, 0.6) is 0 Å². The van der Waals surface area contributed by atoms with Gasteiger partial charge in [-0.1, -0.05) is 6.42 Å². The van der Waals surface area contributed by atoms with E-state index in [1.54, 1.807) is 24.5 Å². The van der Waals surface area contributed by atoms with Crippen molar-refractivity contribution in [2.75, 3.05) is 19.7 Å². The number of aliphatic carboxylic acids is 2. The molecule has 3 aliphatic rings. The highest BCUT2D eigenvalue weighted by Gasteiger charge is 2.43. The van der Waals surface area contributed by atoms with Crippen molar-refractivity contribution in [1.82, 2.24) is 15.2 Å². The molecule has 3 fully saturated rings. The molecule has 1 aromatic rings. The van der Waals surface area contributed by atoms with E-state index in [-0.39, 0.29) is 18.1 Å². The number of nitrogens with zero attached hydrogens (tertiary/aromatic N) is 2. The van der Waals surface area contributed by atoms with Crippen molar-refractivity contribution >= 4 is 17.8 Å². The number of ether oxygens (including phenoxy) is 1. The number of halogens is 6. The van der Waals surface area contributed by atoms with Crippen molar-refractivity contribution in [2.45, 2.75) is 62.6 Å². The number of carbonyl (C=O) groups excluding carboxylic acids is 1. The molecule has 3 heterocycles. The van der Waals surface area contributed by atoms with Crippen LogP contribution < -0.4 is 5.32 Å². The fourth-order valence-corrected chi connectivity index (χ4v) is 4.17. The second-order valence-corrected chi connectivity index (χ2v) is 8.70. The van der Waals surface area contributed by atoms with Gasteiger partial charge in [0, 0.05) is 43.7 Å². The molecule has 0 unspecified atom stereocenters. The molecular weight excluding hydrogens is 516 g/mol. The SMILES string of the molecule is O=C(N[C@@H]1CN(C2CCC2)C[C@@H]2CCCO[C@@H]21)c1ccncc1.O=C(O)C(F)(F)F.O=C(O)C(F)(F)F. The molecule has 9 nitrogen and oxygen atoms in total. The van der Waals surface area contributed by atoms with Crippen molar-refractivity contribution in [3.8, 4) is 0 Å². The molecule has 15 heteroatoms. The number of alkyl halides is 6. The van der Waals surface area contributed by atoms with Crippen LogP contribution in [0, 0.1) is 5.92 Å².